The zero-order chi connectivity index (χ0) is 15.1. The smallest absolute Gasteiger partial charge is 0.299 e. The summed E-state index contributed by atoms with van der Waals surface area (Å²) in [5, 5.41) is 0. The number of anilines is 1. The van der Waals surface area contributed by atoms with E-state index in [9.17, 15) is 9.59 Å². The first-order valence-corrected chi connectivity index (χ1v) is 7.00. The van der Waals surface area contributed by atoms with E-state index in [2.05, 4.69) is 0 Å². The highest BCUT2D eigenvalue weighted by molar-refractivity contribution is 6.52. The molecule has 0 aromatic heterocycles. The number of rotatable bonds is 2. The van der Waals surface area contributed by atoms with Gasteiger partial charge in [0, 0.05) is 0 Å². The molecule has 0 N–H and O–H groups in total. The fraction of sp³-hybridized carbons (Fsp3) is 0.222. The molecule has 1 aliphatic rings. The summed E-state index contributed by atoms with van der Waals surface area (Å²) < 4.78 is 0. The molecule has 1 heterocycles. The molecule has 0 bridgehead atoms. The zero-order valence-corrected chi connectivity index (χ0v) is 12.4. The summed E-state index contributed by atoms with van der Waals surface area (Å²) >= 11 is 0. The minimum absolute atomic E-state index is 0.393. The van der Waals surface area contributed by atoms with E-state index in [0.29, 0.717) is 12.1 Å². The highest BCUT2D eigenvalue weighted by Crippen LogP contribution is 2.33. The van der Waals surface area contributed by atoms with Crippen molar-refractivity contribution in [3.63, 3.8) is 0 Å². The fourth-order valence-electron chi connectivity index (χ4n) is 2.94. The van der Waals surface area contributed by atoms with Gasteiger partial charge in [-0.2, -0.15) is 0 Å². The molecule has 0 atom stereocenters. The van der Waals surface area contributed by atoms with Gasteiger partial charge in [0.1, 0.15) is 0 Å². The highest BCUT2D eigenvalue weighted by Gasteiger charge is 2.37. The minimum Gasteiger partial charge on any atom is -0.300 e. The molecule has 0 radical (unpaired) electrons. The van der Waals surface area contributed by atoms with Crippen molar-refractivity contribution >= 4 is 17.4 Å². The number of aryl methyl sites for hydroxylation is 3. The van der Waals surface area contributed by atoms with Gasteiger partial charge in [0.25, 0.3) is 11.7 Å². The third-order valence-corrected chi connectivity index (χ3v) is 3.84. The molecule has 0 spiro atoms. The van der Waals surface area contributed by atoms with Gasteiger partial charge in [0.2, 0.25) is 0 Å². The summed E-state index contributed by atoms with van der Waals surface area (Å²) in [4.78, 5) is 26.1. The maximum Gasteiger partial charge on any atom is 0.299 e. The maximum atomic E-state index is 12.3. The topological polar surface area (TPSA) is 37.4 Å². The van der Waals surface area contributed by atoms with Gasteiger partial charge in [-0.25, -0.2) is 0 Å². The van der Waals surface area contributed by atoms with Gasteiger partial charge >= 0.3 is 0 Å². The maximum absolute atomic E-state index is 12.3. The lowest BCUT2D eigenvalue weighted by Gasteiger charge is -2.17. The lowest BCUT2D eigenvalue weighted by atomic mass is 10.0. The third-order valence-electron chi connectivity index (χ3n) is 3.84. The first-order valence-electron chi connectivity index (χ1n) is 7.00. The predicted octanol–water partition coefficient (Wildman–Crippen LogP) is 3.34. The number of ketones is 1. The molecule has 0 saturated heterocycles. The van der Waals surface area contributed by atoms with E-state index >= 15 is 0 Å². The van der Waals surface area contributed by atoms with Crippen molar-refractivity contribution in [1.82, 2.24) is 0 Å². The van der Waals surface area contributed by atoms with Crippen molar-refractivity contribution in [1.29, 1.82) is 0 Å². The number of hydrogen-bond donors (Lipinski definition) is 0. The molecule has 2 aromatic carbocycles. The van der Waals surface area contributed by atoms with Crippen molar-refractivity contribution in [2.24, 2.45) is 0 Å². The van der Waals surface area contributed by atoms with Crippen LogP contribution in [0.5, 0.6) is 0 Å². The summed E-state index contributed by atoms with van der Waals surface area (Å²) in [6.07, 6.45) is 0. The van der Waals surface area contributed by atoms with Gasteiger partial charge in [-0.3, -0.25) is 9.59 Å². The van der Waals surface area contributed by atoms with Crippen LogP contribution < -0.4 is 4.90 Å². The molecule has 0 saturated carbocycles. The quantitative estimate of drug-likeness (QED) is 0.791. The Kier molecular flexibility index (Phi) is 3.13. The predicted molar refractivity (Wildman–Crippen MR) is 82.6 cm³/mol. The van der Waals surface area contributed by atoms with Crippen molar-refractivity contribution < 1.29 is 9.59 Å². The number of fused-ring (bicyclic) bond motifs is 1. The number of nitrogens with zero attached hydrogens (tertiary/aromatic N) is 1. The molecule has 3 heteroatoms. The Hall–Kier alpha value is -2.42. The summed E-state index contributed by atoms with van der Waals surface area (Å²) in [5.74, 6) is -0.824. The number of benzene rings is 2. The molecule has 1 amide bonds. The Balaban J connectivity index is 2.05. The number of hydrogen-bond acceptors (Lipinski definition) is 2. The summed E-state index contributed by atoms with van der Waals surface area (Å²) in [6.45, 7) is 6.31. The van der Waals surface area contributed by atoms with Crippen LogP contribution in [0.4, 0.5) is 5.69 Å². The second-order valence-corrected chi connectivity index (χ2v) is 5.69. The Bertz CT molecular complexity index is 762. The average Bonchev–Trinajstić information content (AvgIpc) is 2.64. The highest BCUT2D eigenvalue weighted by atomic mass is 16.2. The molecular weight excluding hydrogens is 262 g/mol. The lowest BCUT2D eigenvalue weighted by molar-refractivity contribution is -0.114. The normalized spacial score (nSPS) is 13.8. The van der Waals surface area contributed by atoms with Crippen molar-refractivity contribution in [3.8, 4) is 0 Å². The molecule has 0 unspecified atom stereocenters. The molecule has 3 rings (SSSR count). The van der Waals surface area contributed by atoms with Crippen LogP contribution in [0.1, 0.15) is 32.6 Å². The van der Waals surface area contributed by atoms with Crippen LogP contribution in [-0.4, -0.2) is 11.7 Å². The van der Waals surface area contributed by atoms with E-state index in [1.165, 1.54) is 0 Å². The van der Waals surface area contributed by atoms with Crippen LogP contribution in [0.3, 0.4) is 0 Å². The second kappa shape index (κ2) is 4.85. The number of amides is 1. The summed E-state index contributed by atoms with van der Waals surface area (Å²) in [5.41, 5.74) is 5.40. The number of carbonyl (C=O) groups excluding carboxylic acids is 2. The fourth-order valence-corrected chi connectivity index (χ4v) is 2.94. The van der Waals surface area contributed by atoms with Crippen LogP contribution in [0, 0.1) is 20.8 Å². The van der Waals surface area contributed by atoms with Gasteiger partial charge in [-0.1, -0.05) is 35.9 Å². The van der Waals surface area contributed by atoms with Crippen molar-refractivity contribution in [2.75, 3.05) is 4.90 Å². The molecular formula is C18H17NO2. The average molecular weight is 279 g/mol. The molecule has 21 heavy (non-hydrogen) atoms. The van der Waals surface area contributed by atoms with Gasteiger partial charge < -0.3 is 4.90 Å². The monoisotopic (exact) mass is 279 g/mol. The van der Waals surface area contributed by atoms with Crippen LogP contribution in [0.2, 0.25) is 0 Å². The Morgan fingerprint density at radius 1 is 0.952 bits per heavy atom. The summed E-state index contributed by atoms with van der Waals surface area (Å²) in [6, 6.07) is 11.9. The SMILES string of the molecule is Cc1cccc(CN2C(=O)C(=O)c3c(C)cc(C)cc32)c1. The Morgan fingerprint density at radius 2 is 1.71 bits per heavy atom. The Morgan fingerprint density at radius 3 is 2.43 bits per heavy atom. The van der Waals surface area contributed by atoms with Gasteiger partial charge in [-0.05, 0) is 43.5 Å². The first kappa shape index (κ1) is 13.6. The molecule has 1 aliphatic heterocycles. The van der Waals surface area contributed by atoms with E-state index in [1.807, 2.05) is 57.2 Å². The molecule has 2 aromatic rings. The number of Topliss-reactive ketones (excluding diaryl/α,β-unsaturated/α-hetero) is 1. The Labute approximate surface area is 124 Å². The largest absolute Gasteiger partial charge is 0.300 e. The standard InChI is InChI=1S/C18H17NO2/c1-11-5-4-6-14(8-11)10-19-15-9-12(2)7-13(3)16(15)17(20)18(19)21/h4-9H,10H2,1-3H3. The van der Waals surface area contributed by atoms with Crippen LogP contribution in [-0.2, 0) is 11.3 Å². The third kappa shape index (κ3) is 2.25. The second-order valence-electron chi connectivity index (χ2n) is 5.69. The van der Waals surface area contributed by atoms with E-state index in [1.54, 1.807) is 4.90 Å². The zero-order valence-electron chi connectivity index (χ0n) is 12.4. The molecule has 0 fully saturated rings. The van der Waals surface area contributed by atoms with Gasteiger partial charge in [-0.15, -0.1) is 0 Å². The van der Waals surface area contributed by atoms with Crippen LogP contribution >= 0.6 is 0 Å². The van der Waals surface area contributed by atoms with Gasteiger partial charge in [0.05, 0.1) is 17.8 Å². The molecule has 106 valence electrons. The van der Waals surface area contributed by atoms with Crippen molar-refractivity contribution in [3.05, 3.63) is 64.2 Å². The number of carbonyl (C=O) groups is 2. The van der Waals surface area contributed by atoms with E-state index in [4.69, 9.17) is 0 Å². The molecule has 3 nitrogen and oxygen atoms in total. The van der Waals surface area contributed by atoms with Crippen molar-refractivity contribution in [2.45, 2.75) is 27.3 Å². The van der Waals surface area contributed by atoms with Crippen LogP contribution in [0.15, 0.2) is 36.4 Å². The van der Waals surface area contributed by atoms with Crippen LogP contribution in [0.25, 0.3) is 0 Å². The van der Waals surface area contributed by atoms with E-state index in [0.717, 1.165) is 27.9 Å². The van der Waals surface area contributed by atoms with E-state index < -0.39 is 11.7 Å². The summed E-state index contributed by atoms with van der Waals surface area (Å²) in [7, 11) is 0. The lowest BCUT2D eigenvalue weighted by Crippen LogP contribution is -2.29. The minimum atomic E-state index is -0.430. The first-order chi connectivity index (χ1) is 9.97. The van der Waals surface area contributed by atoms with E-state index in [-0.39, 0.29) is 0 Å². The van der Waals surface area contributed by atoms with Gasteiger partial charge in [0.15, 0.2) is 0 Å². The molecule has 0 aliphatic carbocycles.